The fourth-order valence-corrected chi connectivity index (χ4v) is 4.58. The van der Waals surface area contributed by atoms with E-state index in [1.165, 1.54) is 24.5 Å². The molecule has 0 saturated carbocycles. The predicted molar refractivity (Wildman–Crippen MR) is 134 cm³/mol. The molecule has 2 aliphatic heterocycles. The van der Waals surface area contributed by atoms with Gasteiger partial charge in [0.1, 0.15) is 60.0 Å². The first kappa shape index (κ1) is 27.5. The highest BCUT2D eigenvalue weighted by Gasteiger charge is 2.44. The van der Waals surface area contributed by atoms with Crippen molar-refractivity contribution in [2.45, 2.75) is 75.3 Å². The Hall–Kier alpha value is -3.07. The van der Waals surface area contributed by atoms with Crippen LogP contribution in [0.3, 0.4) is 0 Å². The highest BCUT2D eigenvalue weighted by molar-refractivity contribution is 5.82. The Morgan fingerprint density at radius 2 is 1.18 bits per heavy atom. The van der Waals surface area contributed by atoms with Crippen LogP contribution in [0, 0.1) is 0 Å². The summed E-state index contributed by atoms with van der Waals surface area (Å²) in [6, 6.07) is 10.8. The second kappa shape index (κ2) is 10.8. The molecule has 6 N–H and O–H groups in total. The van der Waals surface area contributed by atoms with Gasteiger partial charge in [-0.25, -0.2) is 0 Å². The van der Waals surface area contributed by atoms with Crippen LogP contribution in [0.2, 0.25) is 0 Å². The van der Waals surface area contributed by atoms with Gasteiger partial charge in [-0.2, -0.15) is 0 Å². The van der Waals surface area contributed by atoms with Crippen LogP contribution in [0.5, 0.6) is 11.5 Å². The van der Waals surface area contributed by atoms with Crippen LogP contribution in [0.1, 0.15) is 13.8 Å². The van der Waals surface area contributed by atoms with Gasteiger partial charge >= 0.3 is 0 Å². The van der Waals surface area contributed by atoms with Crippen LogP contribution < -0.4 is 14.9 Å². The van der Waals surface area contributed by atoms with Crippen LogP contribution in [0.25, 0.3) is 22.1 Å². The van der Waals surface area contributed by atoms with E-state index in [4.69, 9.17) is 23.4 Å². The third kappa shape index (κ3) is 5.25. The molecule has 12 heteroatoms. The maximum Gasteiger partial charge on any atom is 0.229 e. The van der Waals surface area contributed by atoms with E-state index in [2.05, 4.69) is 0 Å². The van der Waals surface area contributed by atoms with Crippen LogP contribution >= 0.6 is 0 Å². The number of rotatable bonds is 5. The lowest BCUT2D eigenvalue weighted by Crippen LogP contribution is -2.58. The van der Waals surface area contributed by atoms with Gasteiger partial charge in [-0.05, 0) is 43.7 Å². The van der Waals surface area contributed by atoms with E-state index >= 15 is 0 Å². The molecule has 2 aliphatic rings. The molecule has 0 bridgehead atoms. The molecule has 39 heavy (non-hydrogen) atoms. The second-order valence-corrected chi connectivity index (χ2v) is 9.76. The van der Waals surface area contributed by atoms with Gasteiger partial charge in [-0.3, -0.25) is 4.79 Å². The lowest BCUT2D eigenvalue weighted by atomic mass is 10.00. The SMILES string of the molecule is C[C@@H]1O[C@@H](Oc2ccc(-c3coc4cc(O[C@@H]5O[C@@H](C)[C@H](O)[C@@H](O)[C@H]5O)ccc4c3=O)cc2)[C@H](O)[C@H](O)[C@H]1O. The molecule has 3 heterocycles. The zero-order valence-electron chi connectivity index (χ0n) is 21.0. The van der Waals surface area contributed by atoms with E-state index in [0.717, 1.165) is 0 Å². The zero-order valence-corrected chi connectivity index (χ0v) is 21.0. The van der Waals surface area contributed by atoms with E-state index in [0.29, 0.717) is 11.3 Å². The summed E-state index contributed by atoms with van der Waals surface area (Å²) >= 11 is 0. The van der Waals surface area contributed by atoms with Gasteiger partial charge < -0.3 is 54.0 Å². The topological polar surface area (TPSA) is 189 Å². The van der Waals surface area contributed by atoms with Gasteiger partial charge in [0.2, 0.25) is 12.6 Å². The van der Waals surface area contributed by atoms with Gasteiger partial charge in [0.15, 0.2) is 5.43 Å². The molecule has 12 nitrogen and oxygen atoms in total. The first-order chi connectivity index (χ1) is 18.5. The van der Waals surface area contributed by atoms with E-state index in [9.17, 15) is 35.4 Å². The van der Waals surface area contributed by atoms with Crippen LogP contribution in [0.4, 0.5) is 0 Å². The van der Waals surface area contributed by atoms with Crippen molar-refractivity contribution in [3.05, 3.63) is 59.0 Å². The Balaban J connectivity index is 1.32. The minimum absolute atomic E-state index is 0.221. The molecule has 2 aromatic carbocycles. The zero-order chi connectivity index (χ0) is 28.0. The number of aliphatic hydroxyl groups excluding tert-OH is 6. The second-order valence-electron chi connectivity index (χ2n) is 9.76. The normalized spacial score (nSPS) is 35.1. The number of hydrogen-bond donors (Lipinski definition) is 6. The van der Waals surface area contributed by atoms with E-state index in [-0.39, 0.29) is 27.7 Å². The van der Waals surface area contributed by atoms with Gasteiger partial charge in [-0.15, -0.1) is 0 Å². The summed E-state index contributed by atoms with van der Waals surface area (Å²) in [5, 5.41) is 60.2. The summed E-state index contributed by atoms with van der Waals surface area (Å²) in [4.78, 5) is 13.2. The molecule has 2 saturated heterocycles. The Morgan fingerprint density at radius 3 is 1.74 bits per heavy atom. The van der Waals surface area contributed by atoms with Crippen molar-refractivity contribution in [3.63, 3.8) is 0 Å². The number of hydrogen-bond acceptors (Lipinski definition) is 12. The summed E-state index contributed by atoms with van der Waals surface area (Å²) < 4.78 is 27.9. The van der Waals surface area contributed by atoms with Crippen molar-refractivity contribution in [1.82, 2.24) is 0 Å². The lowest BCUT2D eigenvalue weighted by Gasteiger charge is -2.38. The maximum absolute atomic E-state index is 13.2. The standard InChI is InChI=1S/C27H30O12/c1-11-19(28)22(31)24(33)26(36-11)38-14-5-3-13(4-6-14)17-10-35-18-9-15(7-8-16(18)21(17)30)39-27-25(34)23(32)20(29)12(2)37-27/h3-12,19-20,22-29,31-34H,1-2H3/t11-,12-,19-,20-,22+,23+,24+,25+,26-,27-/m0/s1. The predicted octanol–water partition coefficient (Wildman–Crippen LogP) is -0.127. The molecule has 0 spiro atoms. The Morgan fingerprint density at radius 1 is 0.667 bits per heavy atom. The lowest BCUT2D eigenvalue weighted by molar-refractivity contribution is -0.268. The van der Waals surface area contributed by atoms with Gasteiger partial charge in [0, 0.05) is 6.07 Å². The molecule has 0 aliphatic carbocycles. The average molecular weight is 547 g/mol. The summed E-state index contributed by atoms with van der Waals surface area (Å²) in [5.41, 5.74) is 0.723. The number of ether oxygens (including phenoxy) is 4. The molecule has 3 aromatic rings. The van der Waals surface area contributed by atoms with Crippen LogP contribution in [-0.2, 0) is 9.47 Å². The van der Waals surface area contributed by atoms with Crippen LogP contribution in [0.15, 0.2) is 57.9 Å². The number of fused-ring (bicyclic) bond motifs is 1. The quantitative estimate of drug-likeness (QED) is 0.249. The molecule has 0 unspecified atom stereocenters. The molecule has 10 atom stereocenters. The first-order valence-electron chi connectivity index (χ1n) is 12.4. The number of aliphatic hydroxyl groups is 6. The third-order valence-electron chi connectivity index (χ3n) is 7.03. The highest BCUT2D eigenvalue weighted by Crippen LogP contribution is 2.29. The first-order valence-corrected chi connectivity index (χ1v) is 12.4. The Bertz CT molecular complexity index is 1360. The fourth-order valence-electron chi connectivity index (χ4n) is 4.58. The van der Waals surface area contributed by atoms with Gasteiger partial charge in [-0.1, -0.05) is 12.1 Å². The molecule has 0 amide bonds. The summed E-state index contributed by atoms with van der Waals surface area (Å²) in [6.07, 6.45) is -10.9. The van der Waals surface area contributed by atoms with Crippen molar-refractivity contribution in [2.75, 3.05) is 0 Å². The van der Waals surface area contributed by atoms with Crippen LogP contribution in [-0.4, -0.2) is 92.1 Å². The summed E-state index contributed by atoms with van der Waals surface area (Å²) in [7, 11) is 0. The van der Waals surface area contributed by atoms with Gasteiger partial charge in [0.05, 0.1) is 23.2 Å². The third-order valence-corrected chi connectivity index (χ3v) is 7.03. The molecule has 210 valence electrons. The molecule has 5 rings (SSSR count). The minimum Gasteiger partial charge on any atom is -0.463 e. The Kier molecular flexibility index (Phi) is 7.64. The minimum atomic E-state index is -1.48. The molecule has 2 fully saturated rings. The average Bonchev–Trinajstić information content (AvgIpc) is 2.93. The summed E-state index contributed by atoms with van der Waals surface area (Å²) in [6.45, 7) is 3.09. The Labute approximate surface area is 222 Å². The number of benzene rings is 2. The monoisotopic (exact) mass is 546 g/mol. The van der Waals surface area contributed by atoms with Crippen molar-refractivity contribution in [1.29, 1.82) is 0 Å². The van der Waals surface area contributed by atoms with Crippen molar-refractivity contribution >= 4 is 11.0 Å². The van der Waals surface area contributed by atoms with Crippen molar-refractivity contribution in [2.24, 2.45) is 0 Å². The van der Waals surface area contributed by atoms with E-state index in [1.807, 2.05) is 0 Å². The molecular formula is C27H30O12. The highest BCUT2D eigenvalue weighted by atomic mass is 16.7. The largest absolute Gasteiger partial charge is 0.463 e. The maximum atomic E-state index is 13.2. The smallest absolute Gasteiger partial charge is 0.229 e. The molecule has 0 radical (unpaired) electrons. The van der Waals surface area contributed by atoms with Gasteiger partial charge in [0.25, 0.3) is 0 Å². The van der Waals surface area contributed by atoms with Crippen molar-refractivity contribution in [3.8, 4) is 22.6 Å². The van der Waals surface area contributed by atoms with E-state index in [1.54, 1.807) is 38.1 Å². The summed E-state index contributed by atoms with van der Waals surface area (Å²) in [5.74, 6) is 0.531. The fraction of sp³-hybridized carbons (Fsp3) is 0.444. The molecule has 1 aromatic heterocycles. The molecular weight excluding hydrogens is 516 g/mol. The van der Waals surface area contributed by atoms with Crippen molar-refractivity contribution < 1.29 is 54.0 Å². The van der Waals surface area contributed by atoms with E-state index < -0.39 is 61.4 Å².